The van der Waals surface area contributed by atoms with E-state index in [0.717, 1.165) is 16.5 Å². The summed E-state index contributed by atoms with van der Waals surface area (Å²) in [6.07, 6.45) is 2.03. The summed E-state index contributed by atoms with van der Waals surface area (Å²) in [7, 11) is 0. The van der Waals surface area contributed by atoms with Crippen molar-refractivity contribution in [3.63, 3.8) is 0 Å². The van der Waals surface area contributed by atoms with Crippen molar-refractivity contribution < 1.29 is 9.59 Å². The number of hydrogen-bond donors (Lipinski definition) is 3. The number of para-hydroxylation sites is 1. The van der Waals surface area contributed by atoms with Crippen LogP contribution < -0.4 is 11.1 Å². The summed E-state index contributed by atoms with van der Waals surface area (Å²) in [6, 6.07) is 7.74. The number of hydrogen-bond acceptors (Lipinski definition) is 2. The standard InChI is InChI=1S/C12H13N3O2/c13-11(16)7-15-12(17)5-8-6-14-10-4-2-1-3-9(8)10/h1-4,6,14H,5,7H2,(H2,13,16)(H,15,17). The number of fused-ring (bicyclic) bond motifs is 1. The Morgan fingerprint density at radius 2 is 2.06 bits per heavy atom. The van der Waals surface area contributed by atoms with E-state index < -0.39 is 5.91 Å². The van der Waals surface area contributed by atoms with Crippen molar-refractivity contribution in [3.05, 3.63) is 36.0 Å². The van der Waals surface area contributed by atoms with E-state index in [0.29, 0.717) is 0 Å². The molecule has 0 radical (unpaired) electrons. The number of nitrogens with two attached hydrogens (primary N) is 1. The summed E-state index contributed by atoms with van der Waals surface area (Å²) in [5.74, 6) is -0.758. The van der Waals surface area contributed by atoms with Crippen molar-refractivity contribution >= 4 is 22.7 Å². The molecule has 0 saturated heterocycles. The van der Waals surface area contributed by atoms with E-state index in [1.54, 1.807) is 6.20 Å². The van der Waals surface area contributed by atoms with Crippen LogP contribution in [0.1, 0.15) is 5.56 Å². The number of aromatic nitrogens is 1. The second kappa shape index (κ2) is 4.69. The number of amides is 2. The Bertz CT molecular complexity index is 560. The topological polar surface area (TPSA) is 88.0 Å². The SMILES string of the molecule is NC(=O)CNC(=O)Cc1c[nH]c2ccccc12. The third kappa shape index (κ3) is 2.63. The predicted molar refractivity (Wildman–Crippen MR) is 64.2 cm³/mol. The molecule has 2 amide bonds. The van der Waals surface area contributed by atoms with E-state index in [4.69, 9.17) is 5.73 Å². The molecule has 0 aliphatic heterocycles. The van der Waals surface area contributed by atoms with Crippen LogP contribution in [0, 0.1) is 0 Å². The zero-order chi connectivity index (χ0) is 12.3. The van der Waals surface area contributed by atoms with Gasteiger partial charge in [0, 0.05) is 17.1 Å². The molecule has 0 unspecified atom stereocenters. The first kappa shape index (κ1) is 11.2. The highest BCUT2D eigenvalue weighted by atomic mass is 16.2. The molecule has 5 nitrogen and oxygen atoms in total. The predicted octanol–water partition coefficient (Wildman–Crippen LogP) is 0.312. The molecule has 5 heteroatoms. The van der Waals surface area contributed by atoms with Crippen LogP contribution in [-0.2, 0) is 16.0 Å². The quantitative estimate of drug-likeness (QED) is 0.707. The second-order valence-electron chi connectivity index (χ2n) is 3.78. The zero-order valence-electron chi connectivity index (χ0n) is 9.19. The molecular weight excluding hydrogens is 218 g/mol. The summed E-state index contributed by atoms with van der Waals surface area (Å²) >= 11 is 0. The van der Waals surface area contributed by atoms with E-state index in [-0.39, 0.29) is 18.9 Å². The fourth-order valence-corrected chi connectivity index (χ4v) is 1.70. The minimum atomic E-state index is -0.544. The van der Waals surface area contributed by atoms with Gasteiger partial charge in [-0.25, -0.2) is 0 Å². The van der Waals surface area contributed by atoms with E-state index >= 15 is 0 Å². The highest BCUT2D eigenvalue weighted by molar-refractivity contribution is 5.90. The van der Waals surface area contributed by atoms with E-state index in [1.165, 1.54) is 0 Å². The van der Waals surface area contributed by atoms with Crippen LogP contribution in [0.2, 0.25) is 0 Å². The summed E-state index contributed by atoms with van der Waals surface area (Å²) in [5.41, 5.74) is 6.84. The van der Waals surface area contributed by atoms with Crippen molar-refractivity contribution in [2.24, 2.45) is 5.73 Å². The Kier molecular flexibility index (Phi) is 3.09. The molecule has 88 valence electrons. The minimum Gasteiger partial charge on any atom is -0.368 e. The number of nitrogens with one attached hydrogen (secondary N) is 2. The van der Waals surface area contributed by atoms with Crippen LogP contribution in [0.5, 0.6) is 0 Å². The molecule has 0 aliphatic rings. The average Bonchev–Trinajstić information content (AvgIpc) is 2.70. The maximum absolute atomic E-state index is 11.5. The fourth-order valence-electron chi connectivity index (χ4n) is 1.70. The molecular formula is C12H13N3O2. The van der Waals surface area contributed by atoms with Crippen LogP contribution >= 0.6 is 0 Å². The first-order valence-electron chi connectivity index (χ1n) is 5.27. The van der Waals surface area contributed by atoms with Crippen molar-refractivity contribution in [2.75, 3.05) is 6.54 Å². The van der Waals surface area contributed by atoms with E-state index in [2.05, 4.69) is 10.3 Å². The van der Waals surface area contributed by atoms with Gasteiger partial charge < -0.3 is 16.0 Å². The monoisotopic (exact) mass is 231 g/mol. The Hall–Kier alpha value is -2.30. The molecule has 0 spiro atoms. The summed E-state index contributed by atoms with van der Waals surface area (Å²) in [6.45, 7) is -0.124. The highest BCUT2D eigenvalue weighted by Gasteiger charge is 2.08. The number of benzene rings is 1. The van der Waals surface area contributed by atoms with Crippen molar-refractivity contribution in [3.8, 4) is 0 Å². The van der Waals surface area contributed by atoms with Crippen molar-refractivity contribution in [1.29, 1.82) is 0 Å². The maximum atomic E-state index is 11.5. The molecule has 2 rings (SSSR count). The number of aromatic amines is 1. The van der Waals surface area contributed by atoms with Crippen molar-refractivity contribution in [1.82, 2.24) is 10.3 Å². The smallest absolute Gasteiger partial charge is 0.236 e. The number of carbonyl (C=O) groups is 2. The molecule has 2 aromatic rings. The van der Waals surface area contributed by atoms with Gasteiger partial charge in [0.15, 0.2) is 0 Å². The molecule has 1 heterocycles. The Balaban J connectivity index is 2.08. The number of rotatable bonds is 4. The zero-order valence-corrected chi connectivity index (χ0v) is 9.19. The molecule has 0 bridgehead atoms. The van der Waals surface area contributed by atoms with E-state index in [9.17, 15) is 9.59 Å². The molecule has 17 heavy (non-hydrogen) atoms. The molecule has 4 N–H and O–H groups in total. The molecule has 1 aromatic carbocycles. The highest BCUT2D eigenvalue weighted by Crippen LogP contribution is 2.17. The van der Waals surface area contributed by atoms with Crippen LogP contribution in [0.25, 0.3) is 10.9 Å². The van der Waals surface area contributed by atoms with Gasteiger partial charge in [-0.15, -0.1) is 0 Å². The van der Waals surface area contributed by atoms with Gasteiger partial charge in [-0.05, 0) is 11.6 Å². The van der Waals surface area contributed by atoms with Crippen LogP contribution in [0.3, 0.4) is 0 Å². The largest absolute Gasteiger partial charge is 0.368 e. The summed E-state index contributed by atoms with van der Waals surface area (Å²) < 4.78 is 0. The van der Waals surface area contributed by atoms with Crippen LogP contribution in [0.15, 0.2) is 30.5 Å². The third-order valence-corrected chi connectivity index (χ3v) is 2.49. The van der Waals surface area contributed by atoms with Gasteiger partial charge in [-0.3, -0.25) is 9.59 Å². The molecule has 0 saturated carbocycles. The van der Waals surface area contributed by atoms with Gasteiger partial charge in [0.2, 0.25) is 11.8 Å². The lowest BCUT2D eigenvalue weighted by Gasteiger charge is -2.01. The lowest BCUT2D eigenvalue weighted by atomic mass is 10.1. The van der Waals surface area contributed by atoms with Gasteiger partial charge in [0.25, 0.3) is 0 Å². The maximum Gasteiger partial charge on any atom is 0.236 e. The van der Waals surface area contributed by atoms with Gasteiger partial charge in [0.1, 0.15) is 0 Å². The normalized spacial score (nSPS) is 10.4. The average molecular weight is 231 g/mol. The first-order valence-corrected chi connectivity index (χ1v) is 5.27. The Morgan fingerprint density at radius 1 is 1.29 bits per heavy atom. The second-order valence-corrected chi connectivity index (χ2v) is 3.78. The van der Waals surface area contributed by atoms with E-state index in [1.807, 2.05) is 24.3 Å². The number of primary amides is 1. The van der Waals surface area contributed by atoms with Crippen LogP contribution in [-0.4, -0.2) is 23.3 Å². The Morgan fingerprint density at radius 3 is 2.82 bits per heavy atom. The van der Waals surface area contributed by atoms with Crippen LogP contribution in [0.4, 0.5) is 0 Å². The van der Waals surface area contributed by atoms with Gasteiger partial charge in [0.05, 0.1) is 13.0 Å². The molecule has 1 aromatic heterocycles. The molecule has 0 aliphatic carbocycles. The number of carbonyl (C=O) groups excluding carboxylic acids is 2. The minimum absolute atomic E-state index is 0.124. The first-order chi connectivity index (χ1) is 8.16. The van der Waals surface area contributed by atoms with Gasteiger partial charge in [-0.2, -0.15) is 0 Å². The third-order valence-electron chi connectivity index (χ3n) is 2.49. The summed E-state index contributed by atoms with van der Waals surface area (Å²) in [4.78, 5) is 25.1. The summed E-state index contributed by atoms with van der Waals surface area (Å²) in [5, 5.41) is 3.47. The number of H-pyrrole nitrogens is 1. The fraction of sp³-hybridized carbons (Fsp3) is 0.167. The van der Waals surface area contributed by atoms with Gasteiger partial charge >= 0.3 is 0 Å². The lowest BCUT2D eigenvalue weighted by Crippen LogP contribution is -2.34. The molecule has 0 fully saturated rings. The van der Waals surface area contributed by atoms with Gasteiger partial charge in [-0.1, -0.05) is 18.2 Å². The van der Waals surface area contributed by atoms with Crippen molar-refractivity contribution in [2.45, 2.75) is 6.42 Å². The molecule has 0 atom stereocenters. The Labute approximate surface area is 98.0 Å². The lowest BCUT2D eigenvalue weighted by molar-refractivity contribution is -0.124.